The number of likely N-dealkylation sites (tertiary alicyclic amines) is 1. The number of amides is 1. The number of nitrogens with zero attached hydrogens (tertiary/aromatic N) is 5. The van der Waals surface area contributed by atoms with Crippen LogP contribution in [0.5, 0.6) is 0 Å². The zero-order valence-corrected chi connectivity index (χ0v) is 16.5. The highest BCUT2D eigenvalue weighted by atomic mass is 16.4. The van der Waals surface area contributed by atoms with Crippen molar-refractivity contribution in [1.82, 2.24) is 19.7 Å². The summed E-state index contributed by atoms with van der Waals surface area (Å²) in [5.74, 6) is -0.0138. The van der Waals surface area contributed by atoms with Crippen molar-refractivity contribution in [2.45, 2.75) is 44.6 Å². The number of anilines is 1. The molecular formula is C21H27N5O3. The fraction of sp³-hybridized carbons (Fsp3) is 0.524. The fourth-order valence-electron chi connectivity index (χ4n) is 4.16. The van der Waals surface area contributed by atoms with Crippen LogP contribution in [0.25, 0.3) is 0 Å². The van der Waals surface area contributed by atoms with Gasteiger partial charge in [-0.05, 0) is 37.8 Å². The Morgan fingerprint density at radius 1 is 0.931 bits per heavy atom. The third-order valence-electron chi connectivity index (χ3n) is 5.90. The van der Waals surface area contributed by atoms with Crippen molar-refractivity contribution in [3.63, 3.8) is 0 Å². The molecule has 0 radical (unpaired) electrons. The Kier molecular flexibility index (Phi) is 5.78. The van der Waals surface area contributed by atoms with E-state index in [0.29, 0.717) is 18.7 Å². The van der Waals surface area contributed by atoms with E-state index in [9.17, 15) is 9.59 Å². The summed E-state index contributed by atoms with van der Waals surface area (Å²) in [5, 5.41) is 13.2. The highest BCUT2D eigenvalue weighted by molar-refractivity contribution is 5.94. The van der Waals surface area contributed by atoms with E-state index < -0.39 is 5.97 Å². The van der Waals surface area contributed by atoms with Gasteiger partial charge in [-0.25, -0.2) is 9.78 Å². The van der Waals surface area contributed by atoms with Crippen LogP contribution in [0.1, 0.15) is 65.3 Å². The molecule has 4 heterocycles. The molecule has 8 nitrogen and oxygen atoms in total. The number of aromatic nitrogens is 3. The van der Waals surface area contributed by atoms with Gasteiger partial charge in [0.25, 0.3) is 5.91 Å². The lowest BCUT2D eigenvalue weighted by Crippen LogP contribution is -2.39. The maximum Gasteiger partial charge on any atom is 0.338 e. The number of carboxylic acids is 1. The normalized spacial score (nSPS) is 18.5. The molecule has 8 heteroatoms. The van der Waals surface area contributed by atoms with E-state index in [-0.39, 0.29) is 17.5 Å². The largest absolute Gasteiger partial charge is 0.478 e. The molecule has 0 atom stereocenters. The Hall–Kier alpha value is -2.90. The lowest BCUT2D eigenvalue weighted by Gasteiger charge is -2.32. The van der Waals surface area contributed by atoms with E-state index in [1.165, 1.54) is 31.9 Å². The Morgan fingerprint density at radius 3 is 2.24 bits per heavy atom. The topological polar surface area (TPSA) is 91.6 Å². The van der Waals surface area contributed by atoms with Crippen LogP contribution >= 0.6 is 0 Å². The number of piperidine rings is 1. The number of carbonyl (C=O) groups is 2. The molecule has 2 aromatic heterocycles. The van der Waals surface area contributed by atoms with Crippen molar-refractivity contribution in [2.75, 3.05) is 31.1 Å². The van der Waals surface area contributed by atoms with Crippen LogP contribution in [0.15, 0.2) is 30.7 Å². The zero-order chi connectivity index (χ0) is 20.2. The molecule has 0 aliphatic carbocycles. The van der Waals surface area contributed by atoms with Gasteiger partial charge in [0.2, 0.25) is 0 Å². The second kappa shape index (κ2) is 8.63. The van der Waals surface area contributed by atoms with Gasteiger partial charge < -0.3 is 14.9 Å². The molecule has 29 heavy (non-hydrogen) atoms. The summed E-state index contributed by atoms with van der Waals surface area (Å²) in [4.78, 5) is 32.6. The second-order valence-electron chi connectivity index (χ2n) is 7.84. The molecule has 1 amide bonds. The average Bonchev–Trinajstić information content (AvgIpc) is 3.10. The van der Waals surface area contributed by atoms with Gasteiger partial charge in [0.05, 0.1) is 23.4 Å². The minimum Gasteiger partial charge on any atom is -0.478 e. The van der Waals surface area contributed by atoms with Gasteiger partial charge in [-0.3, -0.25) is 9.48 Å². The standard InChI is InChI=1S/C21H27N5O3/c27-20(16-5-6-19(22-13-16)24-9-3-1-2-4-10-24)25-11-7-18(8-12-25)26-15-17(14-23-26)21(28)29/h5-6,13-15,18H,1-4,7-12H2,(H,28,29). The molecule has 4 rings (SSSR count). The quantitative estimate of drug-likeness (QED) is 0.853. The SMILES string of the molecule is O=C(O)c1cnn(C2CCN(C(=O)c3ccc(N4CCCCCC4)nc3)CC2)c1. The molecule has 0 spiro atoms. The van der Waals surface area contributed by atoms with E-state index in [1.807, 2.05) is 17.0 Å². The van der Waals surface area contributed by atoms with E-state index in [1.54, 1.807) is 17.1 Å². The van der Waals surface area contributed by atoms with E-state index in [4.69, 9.17) is 5.11 Å². The number of pyridine rings is 1. The van der Waals surface area contributed by atoms with E-state index in [2.05, 4.69) is 15.0 Å². The first-order valence-electron chi connectivity index (χ1n) is 10.4. The van der Waals surface area contributed by atoms with Gasteiger partial charge in [0.1, 0.15) is 5.82 Å². The first-order valence-corrected chi connectivity index (χ1v) is 10.4. The lowest BCUT2D eigenvalue weighted by atomic mass is 10.0. The number of hydrogen-bond acceptors (Lipinski definition) is 5. The van der Waals surface area contributed by atoms with Crippen molar-refractivity contribution < 1.29 is 14.7 Å². The summed E-state index contributed by atoms with van der Waals surface area (Å²) in [6, 6.07) is 3.97. The second-order valence-corrected chi connectivity index (χ2v) is 7.84. The van der Waals surface area contributed by atoms with Crippen LogP contribution < -0.4 is 4.90 Å². The summed E-state index contributed by atoms with van der Waals surface area (Å²) < 4.78 is 1.71. The van der Waals surface area contributed by atoms with Gasteiger partial charge in [0, 0.05) is 38.6 Å². The van der Waals surface area contributed by atoms with Crippen LogP contribution in [0.3, 0.4) is 0 Å². The highest BCUT2D eigenvalue weighted by Crippen LogP contribution is 2.24. The van der Waals surface area contributed by atoms with Crippen LogP contribution in [0.2, 0.25) is 0 Å². The molecule has 1 N–H and O–H groups in total. The summed E-state index contributed by atoms with van der Waals surface area (Å²) >= 11 is 0. The van der Waals surface area contributed by atoms with E-state index in [0.717, 1.165) is 31.7 Å². The summed E-state index contributed by atoms with van der Waals surface area (Å²) in [6.45, 7) is 3.31. The number of aromatic carboxylic acids is 1. The molecule has 2 aromatic rings. The summed E-state index contributed by atoms with van der Waals surface area (Å²) in [7, 11) is 0. The van der Waals surface area contributed by atoms with Crippen molar-refractivity contribution in [3.8, 4) is 0 Å². The average molecular weight is 397 g/mol. The zero-order valence-electron chi connectivity index (χ0n) is 16.5. The summed E-state index contributed by atoms with van der Waals surface area (Å²) in [5.41, 5.74) is 0.813. The monoisotopic (exact) mass is 397 g/mol. The third-order valence-corrected chi connectivity index (χ3v) is 5.90. The highest BCUT2D eigenvalue weighted by Gasteiger charge is 2.26. The van der Waals surface area contributed by atoms with Crippen LogP contribution in [-0.2, 0) is 0 Å². The van der Waals surface area contributed by atoms with Crippen molar-refractivity contribution in [1.29, 1.82) is 0 Å². The molecule has 0 bridgehead atoms. The molecule has 0 unspecified atom stereocenters. The molecular weight excluding hydrogens is 370 g/mol. The van der Waals surface area contributed by atoms with Crippen molar-refractivity contribution >= 4 is 17.7 Å². The number of carbonyl (C=O) groups excluding carboxylic acids is 1. The maximum atomic E-state index is 12.9. The predicted molar refractivity (Wildman–Crippen MR) is 108 cm³/mol. The van der Waals surface area contributed by atoms with Crippen molar-refractivity contribution in [2.24, 2.45) is 0 Å². The van der Waals surface area contributed by atoms with Crippen LogP contribution in [-0.4, -0.2) is 62.8 Å². The van der Waals surface area contributed by atoms with E-state index >= 15 is 0 Å². The minimum atomic E-state index is -0.972. The smallest absolute Gasteiger partial charge is 0.338 e. The molecule has 2 aliphatic rings. The number of rotatable bonds is 4. The number of carboxylic acid groups (broad SMARTS) is 1. The molecule has 2 fully saturated rings. The first-order chi connectivity index (χ1) is 14.1. The number of hydrogen-bond donors (Lipinski definition) is 1. The Balaban J connectivity index is 1.34. The van der Waals surface area contributed by atoms with Crippen LogP contribution in [0.4, 0.5) is 5.82 Å². The third kappa shape index (κ3) is 4.41. The van der Waals surface area contributed by atoms with Gasteiger partial charge in [-0.15, -0.1) is 0 Å². The van der Waals surface area contributed by atoms with Crippen molar-refractivity contribution in [3.05, 3.63) is 41.9 Å². The predicted octanol–water partition coefficient (Wildman–Crippen LogP) is 2.83. The van der Waals surface area contributed by atoms with Gasteiger partial charge in [-0.1, -0.05) is 12.8 Å². The molecule has 0 saturated carbocycles. The minimum absolute atomic E-state index is 0.00468. The van der Waals surface area contributed by atoms with Crippen LogP contribution in [0, 0.1) is 0 Å². The molecule has 2 saturated heterocycles. The van der Waals surface area contributed by atoms with Gasteiger partial charge in [0.15, 0.2) is 0 Å². The van der Waals surface area contributed by atoms with Gasteiger partial charge in [-0.2, -0.15) is 5.10 Å². The molecule has 154 valence electrons. The Labute approximate surface area is 170 Å². The fourth-order valence-corrected chi connectivity index (χ4v) is 4.16. The Morgan fingerprint density at radius 2 is 1.66 bits per heavy atom. The summed E-state index contributed by atoms with van der Waals surface area (Å²) in [6.07, 6.45) is 11.1. The molecule has 2 aliphatic heterocycles. The molecule has 0 aromatic carbocycles. The Bertz CT molecular complexity index is 847. The first kappa shape index (κ1) is 19.4. The lowest BCUT2D eigenvalue weighted by molar-refractivity contribution is 0.0688. The van der Waals surface area contributed by atoms with Gasteiger partial charge >= 0.3 is 5.97 Å². The maximum absolute atomic E-state index is 12.9.